The quantitative estimate of drug-likeness (QED) is 0.668. The van der Waals surface area contributed by atoms with Crippen LogP contribution in [-0.2, 0) is 13.2 Å². The van der Waals surface area contributed by atoms with Gasteiger partial charge in [-0.25, -0.2) is 0 Å². The third kappa shape index (κ3) is 5.66. The summed E-state index contributed by atoms with van der Waals surface area (Å²) in [7, 11) is 0. The summed E-state index contributed by atoms with van der Waals surface area (Å²) in [5.41, 5.74) is 3.72. The summed E-state index contributed by atoms with van der Waals surface area (Å²) in [6, 6.07) is 16.7. The molecular formula is C21H30N2O. The molecule has 1 N–H and O–H groups in total. The van der Waals surface area contributed by atoms with Crippen molar-refractivity contribution in [2.75, 3.05) is 26.2 Å². The lowest BCUT2D eigenvalue weighted by atomic mass is 10.1. The number of rotatable bonds is 10. The van der Waals surface area contributed by atoms with Gasteiger partial charge < -0.3 is 15.0 Å². The molecular weight excluding hydrogens is 296 g/mol. The maximum atomic E-state index is 6.07. The lowest BCUT2D eigenvalue weighted by Gasteiger charge is -2.18. The first-order chi connectivity index (χ1) is 11.7. The lowest BCUT2D eigenvalue weighted by molar-refractivity contribution is 0.295. The van der Waals surface area contributed by atoms with Crippen molar-refractivity contribution >= 4 is 0 Å². The van der Waals surface area contributed by atoms with E-state index < -0.39 is 0 Å². The molecule has 130 valence electrons. The Morgan fingerprint density at radius 1 is 0.917 bits per heavy atom. The van der Waals surface area contributed by atoms with Crippen molar-refractivity contribution in [3.05, 3.63) is 65.2 Å². The van der Waals surface area contributed by atoms with Gasteiger partial charge in [0.15, 0.2) is 0 Å². The van der Waals surface area contributed by atoms with Crippen LogP contribution in [0.25, 0.3) is 0 Å². The van der Waals surface area contributed by atoms with Gasteiger partial charge in [0.05, 0.1) is 0 Å². The van der Waals surface area contributed by atoms with Gasteiger partial charge in [-0.15, -0.1) is 0 Å². The molecule has 2 aromatic carbocycles. The van der Waals surface area contributed by atoms with E-state index in [1.54, 1.807) is 0 Å². The summed E-state index contributed by atoms with van der Waals surface area (Å²) in [6.45, 7) is 12.3. The molecule has 2 aromatic rings. The number of hydrogen-bond donors (Lipinski definition) is 1. The molecule has 0 unspecified atom stereocenters. The van der Waals surface area contributed by atoms with Crippen LogP contribution in [0.2, 0.25) is 0 Å². The van der Waals surface area contributed by atoms with Crippen LogP contribution in [0.15, 0.2) is 48.5 Å². The van der Waals surface area contributed by atoms with Gasteiger partial charge >= 0.3 is 0 Å². The standard InChI is InChI=1S/C21H30N2O/c1-4-23(5-2)15-14-22-16-19-11-8-9-13-21(19)24-17-20-12-7-6-10-18(20)3/h6-13,22H,4-5,14-17H2,1-3H3. The number of benzene rings is 2. The van der Waals surface area contributed by atoms with Crippen molar-refractivity contribution in [3.63, 3.8) is 0 Å². The van der Waals surface area contributed by atoms with Gasteiger partial charge in [0.2, 0.25) is 0 Å². The summed E-state index contributed by atoms with van der Waals surface area (Å²) in [5, 5.41) is 3.53. The van der Waals surface area contributed by atoms with Crippen molar-refractivity contribution in [1.29, 1.82) is 0 Å². The minimum absolute atomic E-state index is 0.614. The molecule has 0 radical (unpaired) electrons. The summed E-state index contributed by atoms with van der Waals surface area (Å²) in [4.78, 5) is 2.42. The van der Waals surface area contributed by atoms with E-state index in [1.165, 1.54) is 16.7 Å². The minimum atomic E-state index is 0.614. The number of nitrogens with zero attached hydrogens (tertiary/aromatic N) is 1. The first kappa shape index (κ1) is 18.5. The zero-order chi connectivity index (χ0) is 17.2. The second-order valence-corrected chi connectivity index (χ2v) is 6.03. The Labute approximate surface area is 146 Å². The molecule has 24 heavy (non-hydrogen) atoms. The summed E-state index contributed by atoms with van der Waals surface area (Å²) in [6.07, 6.45) is 0. The molecule has 0 saturated carbocycles. The third-order valence-electron chi connectivity index (χ3n) is 4.43. The van der Waals surface area contributed by atoms with E-state index in [9.17, 15) is 0 Å². The third-order valence-corrected chi connectivity index (χ3v) is 4.43. The van der Waals surface area contributed by atoms with Crippen LogP contribution < -0.4 is 10.1 Å². The fourth-order valence-corrected chi connectivity index (χ4v) is 2.72. The maximum Gasteiger partial charge on any atom is 0.124 e. The minimum Gasteiger partial charge on any atom is -0.489 e. The average Bonchev–Trinajstić information content (AvgIpc) is 2.62. The predicted octanol–water partition coefficient (Wildman–Crippen LogP) is 4.01. The molecule has 0 spiro atoms. The maximum absolute atomic E-state index is 6.07. The van der Waals surface area contributed by atoms with E-state index in [4.69, 9.17) is 4.74 Å². The summed E-state index contributed by atoms with van der Waals surface area (Å²) in [5.74, 6) is 0.969. The van der Waals surface area contributed by atoms with Gasteiger partial charge in [-0.05, 0) is 37.2 Å². The number of likely N-dealkylation sites (N-methyl/N-ethyl adjacent to an activating group) is 1. The normalized spacial score (nSPS) is 11.0. The number of aryl methyl sites for hydroxylation is 1. The van der Waals surface area contributed by atoms with Crippen LogP contribution >= 0.6 is 0 Å². The van der Waals surface area contributed by atoms with Gasteiger partial charge in [-0.1, -0.05) is 56.3 Å². The van der Waals surface area contributed by atoms with Crippen LogP contribution in [0.5, 0.6) is 5.75 Å². The Hall–Kier alpha value is -1.84. The molecule has 0 bridgehead atoms. The van der Waals surface area contributed by atoms with Crippen LogP contribution in [0.1, 0.15) is 30.5 Å². The largest absolute Gasteiger partial charge is 0.489 e. The highest BCUT2D eigenvalue weighted by atomic mass is 16.5. The van der Waals surface area contributed by atoms with E-state index in [2.05, 4.69) is 73.5 Å². The van der Waals surface area contributed by atoms with Crippen molar-refractivity contribution < 1.29 is 4.74 Å². The van der Waals surface area contributed by atoms with Crippen molar-refractivity contribution in [1.82, 2.24) is 10.2 Å². The van der Waals surface area contributed by atoms with Gasteiger partial charge in [-0.3, -0.25) is 0 Å². The monoisotopic (exact) mass is 326 g/mol. The van der Waals surface area contributed by atoms with E-state index in [-0.39, 0.29) is 0 Å². The molecule has 3 nitrogen and oxygen atoms in total. The van der Waals surface area contributed by atoms with Gasteiger partial charge in [0, 0.05) is 25.2 Å². The fraction of sp³-hybridized carbons (Fsp3) is 0.429. The molecule has 0 aliphatic carbocycles. The first-order valence-electron chi connectivity index (χ1n) is 8.92. The van der Waals surface area contributed by atoms with Gasteiger partial charge in [0.1, 0.15) is 12.4 Å². The first-order valence-corrected chi connectivity index (χ1v) is 8.92. The van der Waals surface area contributed by atoms with E-state index in [0.717, 1.165) is 38.5 Å². The SMILES string of the molecule is CCN(CC)CCNCc1ccccc1OCc1ccccc1C. The highest BCUT2D eigenvalue weighted by molar-refractivity contribution is 5.34. The Balaban J connectivity index is 1.87. The number of nitrogens with one attached hydrogen (secondary N) is 1. The van der Waals surface area contributed by atoms with Crippen LogP contribution in [-0.4, -0.2) is 31.1 Å². The van der Waals surface area contributed by atoms with Gasteiger partial charge in [-0.2, -0.15) is 0 Å². The van der Waals surface area contributed by atoms with E-state index in [0.29, 0.717) is 6.61 Å². The van der Waals surface area contributed by atoms with Crippen molar-refractivity contribution in [2.24, 2.45) is 0 Å². The fourth-order valence-electron chi connectivity index (χ4n) is 2.72. The van der Waals surface area contributed by atoms with E-state index >= 15 is 0 Å². The Morgan fingerprint density at radius 3 is 2.29 bits per heavy atom. The topological polar surface area (TPSA) is 24.5 Å². The second-order valence-electron chi connectivity index (χ2n) is 6.03. The Bertz CT molecular complexity index is 608. The van der Waals surface area contributed by atoms with Crippen LogP contribution in [0, 0.1) is 6.92 Å². The number of hydrogen-bond acceptors (Lipinski definition) is 3. The van der Waals surface area contributed by atoms with Crippen molar-refractivity contribution in [3.8, 4) is 5.75 Å². The molecule has 0 heterocycles. The molecule has 0 amide bonds. The van der Waals surface area contributed by atoms with E-state index in [1.807, 2.05) is 6.07 Å². The highest BCUT2D eigenvalue weighted by Gasteiger charge is 2.05. The number of para-hydroxylation sites is 1. The summed E-state index contributed by atoms with van der Waals surface area (Å²) >= 11 is 0. The molecule has 2 rings (SSSR count). The molecule has 0 fully saturated rings. The average molecular weight is 326 g/mol. The Kier molecular flexibility index (Phi) is 7.80. The van der Waals surface area contributed by atoms with Crippen molar-refractivity contribution in [2.45, 2.75) is 33.9 Å². The molecule has 0 aromatic heterocycles. The molecule has 0 aliphatic heterocycles. The highest BCUT2D eigenvalue weighted by Crippen LogP contribution is 2.20. The number of ether oxygens (including phenoxy) is 1. The molecule has 3 heteroatoms. The van der Waals surface area contributed by atoms with Gasteiger partial charge in [0.25, 0.3) is 0 Å². The zero-order valence-electron chi connectivity index (χ0n) is 15.2. The molecule has 0 atom stereocenters. The van der Waals surface area contributed by atoms with Crippen LogP contribution in [0.4, 0.5) is 0 Å². The van der Waals surface area contributed by atoms with Crippen LogP contribution in [0.3, 0.4) is 0 Å². The zero-order valence-corrected chi connectivity index (χ0v) is 15.2. The smallest absolute Gasteiger partial charge is 0.124 e. The predicted molar refractivity (Wildman–Crippen MR) is 101 cm³/mol. The molecule has 0 aliphatic rings. The summed E-state index contributed by atoms with van der Waals surface area (Å²) < 4.78 is 6.07. The Morgan fingerprint density at radius 2 is 1.58 bits per heavy atom. The second kappa shape index (κ2) is 10.1. The molecule has 0 saturated heterocycles. The lowest BCUT2D eigenvalue weighted by Crippen LogP contribution is -2.31.